The van der Waals surface area contributed by atoms with E-state index >= 15 is 0 Å². The van der Waals surface area contributed by atoms with E-state index in [-0.39, 0.29) is 12.5 Å². The molecule has 1 aliphatic heterocycles. The van der Waals surface area contributed by atoms with Gasteiger partial charge in [-0.25, -0.2) is 0 Å². The minimum atomic E-state index is -0.185. The van der Waals surface area contributed by atoms with E-state index in [0.717, 1.165) is 37.4 Å². The fourth-order valence-corrected chi connectivity index (χ4v) is 3.04. The van der Waals surface area contributed by atoms with Crippen molar-refractivity contribution in [1.29, 1.82) is 0 Å². The fourth-order valence-electron chi connectivity index (χ4n) is 2.92. The number of amides is 1. The average Bonchev–Trinajstić information content (AvgIpc) is 2.63. The first-order valence-corrected chi connectivity index (χ1v) is 9.11. The van der Waals surface area contributed by atoms with Gasteiger partial charge < -0.3 is 19.9 Å². The molecule has 26 heavy (non-hydrogen) atoms. The van der Waals surface area contributed by atoms with Crippen LogP contribution in [0.5, 0.6) is 5.75 Å². The van der Waals surface area contributed by atoms with Crippen LogP contribution >= 0.6 is 11.6 Å². The first kappa shape index (κ1) is 18.5. The second-order valence-corrected chi connectivity index (χ2v) is 7.02. The van der Waals surface area contributed by atoms with Crippen molar-refractivity contribution in [1.82, 2.24) is 4.90 Å². The van der Waals surface area contributed by atoms with Gasteiger partial charge in [-0.1, -0.05) is 11.6 Å². The number of hydrogen-bond acceptors (Lipinski definition) is 4. The maximum absolute atomic E-state index is 12.1. The van der Waals surface area contributed by atoms with Crippen molar-refractivity contribution in [3.05, 3.63) is 53.1 Å². The lowest BCUT2D eigenvalue weighted by Crippen LogP contribution is -2.44. The summed E-state index contributed by atoms with van der Waals surface area (Å²) in [6.07, 6.45) is 0. The summed E-state index contributed by atoms with van der Waals surface area (Å²) in [6.45, 7) is 6.16. The van der Waals surface area contributed by atoms with E-state index in [1.54, 1.807) is 24.3 Å². The van der Waals surface area contributed by atoms with Crippen LogP contribution < -0.4 is 15.0 Å². The number of carbonyl (C=O) groups is 1. The number of nitrogens with zero attached hydrogens (tertiary/aromatic N) is 2. The molecule has 3 rings (SSSR count). The zero-order chi connectivity index (χ0) is 18.5. The van der Waals surface area contributed by atoms with E-state index in [0.29, 0.717) is 10.8 Å². The molecule has 138 valence electrons. The van der Waals surface area contributed by atoms with E-state index in [2.05, 4.69) is 34.3 Å². The molecule has 1 N–H and O–H groups in total. The molecule has 0 bridgehead atoms. The molecule has 0 unspecified atom stereocenters. The number of rotatable bonds is 5. The molecule has 6 heteroatoms. The summed E-state index contributed by atoms with van der Waals surface area (Å²) < 4.78 is 5.48. The van der Waals surface area contributed by atoms with Crippen molar-refractivity contribution < 1.29 is 9.53 Å². The van der Waals surface area contributed by atoms with Crippen LogP contribution in [0, 0.1) is 6.92 Å². The van der Waals surface area contributed by atoms with Crippen molar-refractivity contribution in [2.75, 3.05) is 50.1 Å². The number of benzene rings is 2. The minimum Gasteiger partial charge on any atom is -0.484 e. The molecule has 0 saturated carbocycles. The van der Waals surface area contributed by atoms with E-state index in [4.69, 9.17) is 16.3 Å². The summed E-state index contributed by atoms with van der Waals surface area (Å²) in [4.78, 5) is 16.9. The summed E-state index contributed by atoms with van der Waals surface area (Å²) in [5, 5.41) is 3.55. The quantitative estimate of drug-likeness (QED) is 0.872. The SMILES string of the molecule is Cc1cc(N2CCN(C)CC2)ccc1NC(=O)COc1ccc(Cl)cc1. The number of aryl methyl sites for hydroxylation is 1. The van der Waals surface area contributed by atoms with Gasteiger partial charge in [0.2, 0.25) is 0 Å². The Balaban J connectivity index is 1.55. The van der Waals surface area contributed by atoms with Gasteiger partial charge in [-0.3, -0.25) is 4.79 Å². The molecule has 0 spiro atoms. The van der Waals surface area contributed by atoms with Gasteiger partial charge in [-0.05, 0) is 62.0 Å². The van der Waals surface area contributed by atoms with Crippen molar-refractivity contribution in [3.63, 3.8) is 0 Å². The maximum atomic E-state index is 12.1. The van der Waals surface area contributed by atoms with Crippen LogP contribution in [0.4, 0.5) is 11.4 Å². The predicted octanol–water partition coefficient (Wildman–Crippen LogP) is 3.42. The van der Waals surface area contributed by atoms with Gasteiger partial charge in [0.15, 0.2) is 6.61 Å². The Hall–Kier alpha value is -2.24. The Morgan fingerprint density at radius 1 is 1.12 bits per heavy atom. The lowest BCUT2D eigenvalue weighted by molar-refractivity contribution is -0.118. The van der Waals surface area contributed by atoms with Gasteiger partial charge in [-0.2, -0.15) is 0 Å². The summed E-state index contributed by atoms with van der Waals surface area (Å²) in [5.41, 5.74) is 3.06. The molecule has 1 saturated heterocycles. The number of carbonyl (C=O) groups excluding carboxylic acids is 1. The van der Waals surface area contributed by atoms with Crippen molar-refractivity contribution >= 4 is 28.9 Å². The van der Waals surface area contributed by atoms with Gasteiger partial charge in [0, 0.05) is 42.6 Å². The summed E-state index contributed by atoms with van der Waals surface area (Å²) in [5.74, 6) is 0.432. The highest BCUT2D eigenvalue weighted by atomic mass is 35.5. The molecule has 1 amide bonds. The Bertz CT molecular complexity index is 756. The molecule has 0 aromatic heterocycles. The van der Waals surface area contributed by atoms with Gasteiger partial charge in [0.25, 0.3) is 5.91 Å². The first-order valence-electron chi connectivity index (χ1n) is 8.73. The van der Waals surface area contributed by atoms with E-state index in [1.807, 2.05) is 13.0 Å². The lowest BCUT2D eigenvalue weighted by atomic mass is 10.1. The van der Waals surface area contributed by atoms with Crippen LogP contribution in [-0.2, 0) is 4.79 Å². The third kappa shape index (κ3) is 4.90. The zero-order valence-corrected chi connectivity index (χ0v) is 15.9. The highest BCUT2D eigenvalue weighted by molar-refractivity contribution is 6.30. The van der Waals surface area contributed by atoms with Gasteiger partial charge in [0.1, 0.15) is 5.75 Å². The molecule has 1 heterocycles. The number of ether oxygens (including phenoxy) is 1. The third-order valence-electron chi connectivity index (χ3n) is 4.54. The Labute approximate surface area is 159 Å². The van der Waals surface area contributed by atoms with Crippen LogP contribution in [0.1, 0.15) is 5.56 Å². The van der Waals surface area contributed by atoms with Crippen LogP contribution in [0.15, 0.2) is 42.5 Å². The predicted molar refractivity (Wildman–Crippen MR) is 106 cm³/mol. The largest absolute Gasteiger partial charge is 0.484 e. The second-order valence-electron chi connectivity index (χ2n) is 6.58. The molecular formula is C20H24ClN3O2. The minimum absolute atomic E-state index is 0.0404. The fraction of sp³-hybridized carbons (Fsp3) is 0.350. The summed E-state index contributed by atoms with van der Waals surface area (Å²) in [6, 6.07) is 13.1. The number of halogens is 1. The smallest absolute Gasteiger partial charge is 0.262 e. The zero-order valence-electron chi connectivity index (χ0n) is 15.2. The summed E-state index contributed by atoms with van der Waals surface area (Å²) in [7, 11) is 2.15. The third-order valence-corrected chi connectivity index (χ3v) is 4.79. The van der Waals surface area contributed by atoms with E-state index in [9.17, 15) is 4.79 Å². The molecule has 1 aliphatic rings. The topological polar surface area (TPSA) is 44.8 Å². The summed E-state index contributed by atoms with van der Waals surface area (Å²) >= 11 is 5.83. The molecular weight excluding hydrogens is 350 g/mol. The number of anilines is 2. The van der Waals surface area contributed by atoms with Crippen molar-refractivity contribution in [3.8, 4) is 5.75 Å². The number of nitrogens with one attached hydrogen (secondary N) is 1. The van der Waals surface area contributed by atoms with Crippen molar-refractivity contribution in [2.45, 2.75) is 6.92 Å². The molecule has 5 nitrogen and oxygen atoms in total. The van der Waals surface area contributed by atoms with Crippen LogP contribution in [0.25, 0.3) is 0 Å². The molecule has 2 aromatic rings. The number of piperazine rings is 1. The van der Waals surface area contributed by atoms with Gasteiger partial charge in [0.05, 0.1) is 0 Å². The number of likely N-dealkylation sites (N-methyl/N-ethyl adjacent to an activating group) is 1. The second kappa shape index (κ2) is 8.43. The Morgan fingerprint density at radius 2 is 1.81 bits per heavy atom. The van der Waals surface area contributed by atoms with Gasteiger partial charge >= 0.3 is 0 Å². The van der Waals surface area contributed by atoms with Crippen molar-refractivity contribution in [2.24, 2.45) is 0 Å². The molecule has 0 atom stereocenters. The van der Waals surface area contributed by atoms with E-state index in [1.165, 1.54) is 5.69 Å². The highest BCUT2D eigenvalue weighted by Gasteiger charge is 2.15. The standard InChI is InChI=1S/C20H24ClN3O2/c1-15-13-17(24-11-9-23(2)10-12-24)5-8-19(15)22-20(25)14-26-18-6-3-16(21)4-7-18/h3-8,13H,9-12,14H2,1-2H3,(H,22,25). The van der Waals surface area contributed by atoms with Crippen LogP contribution in [-0.4, -0.2) is 50.6 Å². The average molecular weight is 374 g/mol. The van der Waals surface area contributed by atoms with Crippen LogP contribution in [0.2, 0.25) is 5.02 Å². The highest BCUT2D eigenvalue weighted by Crippen LogP contribution is 2.24. The molecule has 1 fully saturated rings. The molecule has 0 radical (unpaired) electrons. The Kier molecular flexibility index (Phi) is 6.01. The first-order chi connectivity index (χ1) is 12.5. The van der Waals surface area contributed by atoms with Gasteiger partial charge in [-0.15, -0.1) is 0 Å². The number of hydrogen-bond donors (Lipinski definition) is 1. The lowest BCUT2D eigenvalue weighted by Gasteiger charge is -2.34. The van der Waals surface area contributed by atoms with E-state index < -0.39 is 0 Å². The van der Waals surface area contributed by atoms with Crippen LogP contribution in [0.3, 0.4) is 0 Å². The molecule has 2 aromatic carbocycles. The molecule has 0 aliphatic carbocycles. The monoisotopic (exact) mass is 373 g/mol. The normalized spacial score (nSPS) is 15.0. The maximum Gasteiger partial charge on any atom is 0.262 e. The Morgan fingerprint density at radius 3 is 2.46 bits per heavy atom.